The van der Waals surface area contributed by atoms with E-state index in [0.717, 1.165) is 29.8 Å². The molecule has 1 fully saturated rings. The molecule has 0 aliphatic carbocycles. The second kappa shape index (κ2) is 8.06. The lowest BCUT2D eigenvalue weighted by molar-refractivity contribution is -0.135. The molecule has 1 aromatic carbocycles. The Hall–Kier alpha value is -3.16. The van der Waals surface area contributed by atoms with Crippen molar-refractivity contribution in [3.05, 3.63) is 47.5 Å². The molecule has 0 bridgehead atoms. The Bertz CT molecular complexity index is 924. The summed E-state index contributed by atoms with van der Waals surface area (Å²) >= 11 is 0. The van der Waals surface area contributed by atoms with E-state index in [-0.39, 0.29) is 23.8 Å². The van der Waals surface area contributed by atoms with Crippen LogP contribution in [0, 0.1) is 0 Å². The van der Waals surface area contributed by atoms with Gasteiger partial charge >= 0.3 is 0 Å². The summed E-state index contributed by atoms with van der Waals surface area (Å²) in [6.07, 6.45) is 5.67. The summed E-state index contributed by atoms with van der Waals surface area (Å²) in [7, 11) is 0. The molecule has 8 heteroatoms. The Morgan fingerprint density at radius 2 is 2.14 bits per heavy atom. The Balaban J connectivity index is 1.45. The van der Waals surface area contributed by atoms with Crippen LogP contribution in [0.1, 0.15) is 41.4 Å². The van der Waals surface area contributed by atoms with Crippen molar-refractivity contribution < 1.29 is 14.4 Å². The topological polar surface area (TPSA) is 98.4 Å². The van der Waals surface area contributed by atoms with Crippen LogP contribution in [0.15, 0.2) is 30.7 Å². The molecule has 29 heavy (non-hydrogen) atoms. The zero-order chi connectivity index (χ0) is 20.4. The summed E-state index contributed by atoms with van der Waals surface area (Å²) in [5.74, 6) is -0.0484. The first-order chi connectivity index (χ1) is 14.0. The Labute approximate surface area is 169 Å². The molecule has 1 aromatic heterocycles. The van der Waals surface area contributed by atoms with Gasteiger partial charge in [0.25, 0.3) is 5.91 Å². The van der Waals surface area contributed by atoms with Crippen molar-refractivity contribution in [3.8, 4) is 0 Å². The molecule has 3 amide bonds. The summed E-state index contributed by atoms with van der Waals surface area (Å²) < 4.78 is 0. The minimum Gasteiger partial charge on any atom is -0.348 e. The largest absolute Gasteiger partial charge is 0.348 e. The predicted molar refractivity (Wildman–Crippen MR) is 107 cm³/mol. The molecule has 0 radical (unpaired) electrons. The van der Waals surface area contributed by atoms with Gasteiger partial charge in [0.1, 0.15) is 0 Å². The van der Waals surface area contributed by atoms with E-state index in [0.29, 0.717) is 38.0 Å². The summed E-state index contributed by atoms with van der Waals surface area (Å²) in [5.41, 5.74) is 3.01. The molecule has 8 nitrogen and oxygen atoms in total. The maximum Gasteiger partial charge on any atom is 0.254 e. The number of hydrogen-bond donors (Lipinski definition) is 2. The lowest BCUT2D eigenvalue weighted by atomic mass is 10.0. The van der Waals surface area contributed by atoms with Crippen molar-refractivity contribution in [3.63, 3.8) is 0 Å². The Morgan fingerprint density at radius 1 is 1.28 bits per heavy atom. The normalized spacial score (nSPS) is 18.5. The molecule has 152 valence electrons. The fourth-order valence-electron chi connectivity index (χ4n) is 4.12. The molecule has 1 atom stereocenters. The molecule has 2 aromatic rings. The first kappa shape index (κ1) is 19.2. The molecule has 2 aliphatic rings. The van der Waals surface area contributed by atoms with Crippen LogP contribution in [0.3, 0.4) is 0 Å². The first-order valence-corrected chi connectivity index (χ1v) is 10.0. The molecular weight excluding hydrogens is 370 g/mol. The molecular formula is C21H25N5O3. The van der Waals surface area contributed by atoms with Crippen LogP contribution in [0.5, 0.6) is 0 Å². The van der Waals surface area contributed by atoms with E-state index >= 15 is 0 Å². The van der Waals surface area contributed by atoms with Gasteiger partial charge in [0, 0.05) is 48.8 Å². The number of H-pyrrole nitrogens is 1. The lowest BCUT2D eigenvalue weighted by Gasteiger charge is -2.41. The number of nitrogens with zero attached hydrogens (tertiary/aromatic N) is 3. The molecule has 3 heterocycles. The van der Waals surface area contributed by atoms with E-state index in [4.69, 9.17) is 0 Å². The van der Waals surface area contributed by atoms with Crippen molar-refractivity contribution in [1.29, 1.82) is 0 Å². The number of amides is 3. The zero-order valence-corrected chi connectivity index (χ0v) is 16.5. The fraction of sp³-hybridized carbons (Fsp3) is 0.429. The number of benzene rings is 1. The van der Waals surface area contributed by atoms with Gasteiger partial charge in [0.05, 0.1) is 19.2 Å². The summed E-state index contributed by atoms with van der Waals surface area (Å²) in [5, 5.41) is 2.80. The van der Waals surface area contributed by atoms with Crippen LogP contribution in [0.25, 0.3) is 0 Å². The number of carbonyl (C=O) groups excluding carboxylic acids is 3. The highest BCUT2D eigenvalue weighted by Gasteiger charge is 2.32. The lowest BCUT2D eigenvalue weighted by Crippen LogP contribution is -2.56. The van der Waals surface area contributed by atoms with E-state index in [9.17, 15) is 14.4 Å². The highest BCUT2D eigenvalue weighted by Crippen LogP contribution is 2.25. The fourth-order valence-corrected chi connectivity index (χ4v) is 4.12. The highest BCUT2D eigenvalue weighted by atomic mass is 16.2. The van der Waals surface area contributed by atoms with Gasteiger partial charge in [-0.05, 0) is 24.1 Å². The van der Waals surface area contributed by atoms with Gasteiger partial charge in [-0.25, -0.2) is 4.98 Å². The number of aromatic nitrogens is 2. The zero-order valence-electron chi connectivity index (χ0n) is 16.5. The summed E-state index contributed by atoms with van der Waals surface area (Å²) in [6, 6.07) is 5.38. The predicted octanol–water partition coefficient (Wildman–Crippen LogP) is 1.60. The maximum atomic E-state index is 13.1. The number of carbonyl (C=O) groups is 3. The van der Waals surface area contributed by atoms with Gasteiger partial charge in [-0.3, -0.25) is 14.4 Å². The van der Waals surface area contributed by atoms with E-state index < -0.39 is 0 Å². The Kier molecular flexibility index (Phi) is 5.33. The van der Waals surface area contributed by atoms with Crippen LogP contribution in [0.4, 0.5) is 5.69 Å². The first-order valence-electron chi connectivity index (χ1n) is 10.0. The van der Waals surface area contributed by atoms with Crippen LogP contribution >= 0.6 is 0 Å². The van der Waals surface area contributed by atoms with Crippen LogP contribution < -0.4 is 5.32 Å². The monoisotopic (exact) mass is 395 g/mol. The van der Waals surface area contributed by atoms with Crippen molar-refractivity contribution >= 4 is 23.4 Å². The van der Waals surface area contributed by atoms with Crippen molar-refractivity contribution in [2.24, 2.45) is 0 Å². The number of nitrogens with one attached hydrogen (secondary N) is 2. The second-order valence-electron chi connectivity index (χ2n) is 7.63. The third-order valence-electron chi connectivity index (χ3n) is 5.59. The number of rotatable bonds is 5. The average Bonchev–Trinajstić information content (AvgIpc) is 3.35. The van der Waals surface area contributed by atoms with Crippen molar-refractivity contribution in [2.75, 3.05) is 25.0 Å². The van der Waals surface area contributed by atoms with Crippen molar-refractivity contribution in [1.82, 2.24) is 19.8 Å². The number of aromatic amines is 1. The number of imidazole rings is 1. The van der Waals surface area contributed by atoms with Crippen LogP contribution in [0.2, 0.25) is 0 Å². The third kappa shape index (κ3) is 4.01. The molecule has 0 saturated carbocycles. The van der Waals surface area contributed by atoms with Gasteiger partial charge in [-0.15, -0.1) is 0 Å². The Morgan fingerprint density at radius 3 is 2.90 bits per heavy atom. The number of hydrogen-bond acceptors (Lipinski definition) is 4. The standard InChI is InChI=1S/C21H25N5O3/c1-2-3-17-12-25(6-7-26(17)20(28)10-16-11-22-13-23-16)21(29)15-5-4-14-9-19(27)24-18(14)8-15/h4-5,8,11,13,17H,2-3,6-7,9-10,12H2,1H3,(H,22,23)(H,24,27). The van der Waals surface area contributed by atoms with Gasteiger partial charge < -0.3 is 20.1 Å². The minimum absolute atomic E-state index is 0.00208. The van der Waals surface area contributed by atoms with E-state index in [1.165, 1.54) is 0 Å². The highest BCUT2D eigenvalue weighted by molar-refractivity contribution is 6.02. The number of fused-ring (bicyclic) bond motifs is 1. The van der Waals surface area contributed by atoms with E-state index in [1.807, 2.05) is 15.9 Å². The van der Waals surface area contributed by atoms with Crippen LogP contribution in [-0.2, 0) is 22.4 Å². The smallest absolute Gasteiger partial charge is 0.254 e. The minimum atomic E-state index is -0.0595. The van der Waals surface area contributed by atoms with E-state index in [1.54, 1.807) is 24.7 Å². The van der Waals surface area contributed by atoms with E-state index in [2.05, 4.69) is 22.2 Å². The SMILES string of the molecule is CCCC1CN(C(=O)c2ccc3c(c2)NC(=O)C3)CCN1C(=O)Cc1cnc[nH]1. The van der Waals surface area contributed by atoms with Crippen LogP contribution in [-0.4, -0.2) is 63.2 Å². The third-order valence-corrected chi connectivity index (χ3v) is 5.59. The molecule has 4 rings (SSSR count). The van der Waals surface area contributed by atoms with Gasteiger partial charge in [-0.2, -0.15) is 0 Å². The molecule has 2 aliphatic heterocycles. The second-order valence-corrected chi connectivity index (χ2v) is 7.63. The van der Waals surface area contributed by atoms with Gasteiger partial charge in [-0.1, -0.05) is 19.4 Å². The quantitative estimate of drug-likeness (QED) is 0.803. The molecule has 1 saturated heterocycles. The number of anilines is 1. The summed E-state index contributed by atoms with van der Waals surface area (Å²) in [4.78, 5) is 48.1. The van der Waals surface area contributed by atoms with Gasteiger partial charge in [0.15, 0.2) is 0 Å². The molecule has 2 N–H and O–H groups in total. The summed E-state index contributed by atoms with van der Waals surface area (Å²) in [6.45, 7) is 3.62. The maximum absolute atomic E-state index is 13.1. The molecule has 0 spiro atoms. The number of piperazine rings is 1. The van der Waals surface area contributed by atoms with Gasteiger partial charge in [0.2, 0.25) is 11.8 Å². The average molecular weight is 395 g/mol. The molecule has 1 unspecified atom stereocenters. The van der Waals surface area contributed by atoms with Crippen molar-refractivity contribution in [2.45, 2.75) is 38.6 Å².